The predicted octanol–water partition coefficient (Wildman–Crippen LogP) is 7.31. The number of carbonyl (C=O) groups is 1. The lowest BCUT2D eigenvalue weighted by atomic mass is 9.77. The van der Waals surface area contributed by atoms with Gasteiger partial charge in [0.1, 0.15) is 11.5 Å². The molecule has 3 aliphatic rings. The van der Waals surface area contributed by atoms with Gasteiger partial charge in [0, 0.05) is 59.5 Å². The lowest BCUT2D eigenvalue weighted by Gasteiger charge is -2.38. The number of aryl methyl sites for hydroxylation is 1. The van der Waals surface area contributed by atoms with E-state index in [-0.39, 0.29) is 12.1 Å². The van der Waals surface area contributed by atoms with Crippen LogP contribution in [0.5, 0.6) is 11.5 Å². The van der Waals surface area contributed by atoms with Crippen molar-refractivity contribution >= 4 is 23.0 Å². The summed E-state index contributed by atoms with van der Waals surface area (Å²) in [6.07, 6.45) is 2.43. The first-order valence-corrected chi connectivity index (χ1v) is 14.1. The first-order valence-electron chi connectivity index (χ1n) is 14.1. The molecule has 0 aromatic heterocycles. The molecule has 1 N–H and O–H groups in total. The van der Waals surface area contributed by atoms with Gasteiger partial charge in [-0.05, 0) is 74.7 Å². The van der Waals surface area contributed by atoms with Crippen LogP contribution in [0.15, 0.2) is 84.9 Å². The van der Waals surface area contributed by atoms with Crippen molar-refractivity contribution in [3.8, 4) is 11.5 Å². The highest BCUT2D eigenvalue weighted by Gasteiger charge is 2.53. The van der Waals surface area contributed by atoms with Gasteiger partial charge in [0.25, 0.3) is 0 Å². The van der Waals surface area contributed by atoms with Crippen molar-refractivity contribution in [3.05, 3.63) is 113 Å². The number of esters is 1. The third-order valence-electron chi connectivity index (χ3n) is 8.29. The molecule has 1 spiro atoms. The van der Waals surface area contributed by atoms with E-state index in [9.17, 15) is 4.79 Å². The molecule has 7 rings (SSSR count). The minimum absolute atomic E-state index is 0.241. The molecule has 0 bridgehead atoms. The molecule has 6 heteroatoms. The van der Waals surface area contributed by atoms with Crippen LogP contribution in [0, 0.1) is 6.92 Å². The van der Waals surface area contributed by atoms with E-state index >= 15 is 0 Å². The third-order valence-corrected chi connectivity index (χ3v) is 8.29. The zero-order valence-electron chi connectivity index (χ0n) is 22.8. The quantitative estimate of drug-likeness (QED) is 0.263. The third kappa shape index (κ3) is 3.94. The van der Waals surface area contributed by atoms with Crippen LogP contribution in [0.4, 0.5) is 17.1 Å². The normalized spacial score (nSPS) is 20.4. The molecule has 0 aliphatic carbocycles. The van der Waals surface area contributed by atoms with Crippen molar-refractivity contribution in [2.45, 2.75) is 38.4 Å². The Morgan fingerprint density at radius 3 is 2.52 bits per heavy atom. The Balaban J connectivity index is 1.37. The van der Waals surface area contributed by atoms with Crippen molar-refractivity contribution < 1.29 is 19.0 Å². The standard InChI is InChI=1S/C34H32N2O4/c1-3-36(21-25-12-9-17-38-25)24-15-16-28-32(19-24)39-31-18-22(2)30(35-23-10-5-4-6-11-23)20-29(31)34(28)27-14-8-7-13-26(27)33(37)40-34/h4-8,10-11,13-16,18-20,25,35H,3,9,12,17,21H2,1-2H3. The summed E-state index contributed by atoms with van der Waals surface area (Å²) in [4.78, 5) is 15.6. The largest absolute Gasteiger partial charge is 0.456 e. The summed E-state index contributed by atoms with van der Waals surface area (Å²) in [6, 6.07) is 28.1. The summed E-state index contributed by atoms with van der Waals surface area (Å²) >= 11 is 0. The molecule has 40 heavy (non-hydrogen) atoms. The molecule has 202 valence electrons. The maximum absolute atomic E-state index is 13.3. The summed E-state index contributed by atoms with van der Waals surface area (Å²) in [5.41, 5.74) is 5.94. The maximum Gasteiger partial charge on any atom is 0.340 e. The molecule has 0 radical (unpaired) electrons. The number of nitrogens with zero attached hydrogens (tertiary/aromatic N) is 1. The van der Waals surface area contributed by atoms with Gasteiger partial charge >= 0.3 is 5.97 Å². The van der Waals surface area contributed by atoms with E-state index in [0.29, 0.717) is 17.1 Å². The summed E-state index contributed by atoms with van der Waals surface area (Å²) < 4.78 is 19.0. The van der Waals surface area contributed by atoms with Gasteiger partial charge in [-0.15, -0.1) is 0 Å². The van der Waals surface area contributed by atoms with Crippen molar-refractivity contribution in [2.75, 3.05) is 29.9 Å². The van der Waals surface area contributed by atoms with Crippen LogP contribution >= 0.6 is 0 Å². The van der Waals surface area contributed by atoms with Gasteiger partial charge in [-0.25, -0.2) is 4.79 Å². The zero-order chi connectivity index (χ0) is 27.3. The number of para-hydroxylation sites is 1. The first-order chi connectivity index (χ1) is 19.6. The molecular weight excluding hydrogens is 500 g/mol. The summed E-state index contributed by atoms with van der Waals surface area (Å²) in [5, 5.41) is 3.54. The van der Waals surface area contributed by atoms with Crippen LogP contribution < -0.4 is 15.0 Å². The number of rotatable bonds is 6. The molecule has 1 saturated heterocycles. The number of carbonyl (C=O) groups excluding carboxylic acids is 1. The Bertz CT molecular complexity index is 1600. The minimum atomic E-state index is -1.11. The van der Waals surface area contributed by atoms with E-state index in [1.165, 1.54) is 0 Å². The Kier molecular flexibility index (Phi) is 6.01. The van der Waals surface area contributed by atoms with E-state index in [0.717, 1.165) is 71.9 Å². The molecule has 2 atom stereocenters. The van der Waals surface area contributed by atoms with Crippen LogP contribution in [0.2, 0.25) is 0 Å². The lowest BCUT2D eigenvalue weighted by Crippen LogP contribution is -2.34. The topological polar surface area (TPSA) is 60.0 Å². The van der Waals surface area contributed by atoms with Crippen LogP contribution in [-0.2, 0) is 15.1 Å². The number of likely N-dealkylation sites (N-methyl/N-ethyl adjacent to an activating group) is 1. The van der Waals surface area contributed by atoms with Gasteiger partial charge in [-0.2, -0.15) is 0 Å². The van der Waals surface area contributed by atoms with Crippen molar-refractivity contribution in [1.82, 2.24) is 0 Å². The number of hydrogen-bond donors (Lipinski definition) is 1. The summed E-state index contributed by atoms with van der Waals surface area (Å²) in [5.74, 6) is 1.06. The first kappa shape index (κ1) is 24.7. The smallest absolute Gasteiger partial charge is 0.340 e. The van der Waals surface area contributed by atoms with Gasteiger partial charge in [-0.1, -0.05) is 36.4 Å². The monoisotopic (exact) mass is 532 g/mol. The van der Waals surface area contributed by atoms with Crippen LogP contribution in [0.25, 0.3) is 0 Å². The Morgan fingerprint density at radius 1 is 0.925 bits per heavy atom. The molecule has 4 aromatic carbocycles. The number of fused-ring (bicyclic) bond motifs is 6. The van der Waals surface area contributed by atoms with E-state index in [1.807, 2.05) is 60.7 Å². The Morgan fingerprint density at radius 2 is 1.73 bits per heavy atom. The highest BCUT2D eigenvalue weighted by Crippen LogP contribution is 2.57. The highest BCUT2D eigenvalue weighted by molar-refractivity contribution is 5.97. The van der Waals surface area contributed by atoms with E-state index < -0.39 is 5.60 Å². The second-order valence-electron chi connectivity index (χ2n) is 10.7. The van der Waals surface area contributed by atoms with Crippen molar-refractivity contribution in [2.24, 2.45) is 0 Å². The number of anilines is 3. The molecule has 0 amide bonds. The second kappa shape index (κ2) is 9.72. The average Bonchev–Trinajstić information content (AvgIpc) is 3.60. The summed E-state index contributed by atoms with van der Waals surface area (Å²) in [6.45, 7) is 6.74. The van der Waals surface area contributed by atoms with Crippen LogP contribution in [0.3, 0.4) is 0 Å². The molecule has 6 nitrogen and oxygen atoms in total. The molecule has 1 fully saturated rings. The van der Waals surface area contributed by atoms with Crippen LogP contribution in [0.1, 0.15) is 52.4 Å². The molecular formula is C34H32N2O4. The predicted molar refractivity (Wildman–Crippen MR) is 156 cm³/mol. The van der Waals surface area contributed by atoms with E-state index in [2.05, 4.69) is 48.3 Å². The van der Waals surface area contributed by atoms with Gasteiger partial charge in [0.2, 0.25) is 0 Å². The minimum Gasteiger partial charge on any atom is -0.456 e. The van der Waals surface area contributed by atoms with E-state index in [4.69, 9.17) is 14.2 Å². The highest BCUT2D eigenvalue weighted by atomic mass is 16.6. The lowest BCUT2D eigenvalue weighted by molar-refractivity contribution is 0.0224. The fourth-order valence-corrected chi connectivity index (χ4v) is 6.27. The fraction of sp³-hybridized carbons (Fsp3) is 0.265. The zero-order valence-corrected chi connectivity index (χ0v) is 22.8. The maximum atomic E-state index is 13.3. The fourth-order valence-electron chi connectivity index (χ4n) is 6.27. The molecule has 2 unspecified atom stereocenters. The van der Waals surface area contributed by atoms with Gasteiger partial charge in [0.15, 0.2) is 5.60 Å². The van der Waals surface area contributed by atoms with Crippen LogP contribution in [-0.4, -0.2) is 31.8 Å². The number of ether oxygens (including phenoxy) is 3. The molecule has 3 aliphatic heterocycles. The van der Waals surface area contributed by atoms with Crippen molar-refractivity contribution in [3.63, 3.8) is 0 Å². The number of hydrogen-bond acceptors (Lipinski definition) is 6. The second-order valence-corrected chi connectivity index (χ2v) is 10.7. The van der Waals surface area contributed by atoms with Crippen molar-refractivity contribution in [1.29, 1.82) is 0 Å². The Hall–Kier alpha value is -4.29. The van der Waals surface area contributed by atoms with Gasteiger partial charge < -0.3 is 24.4 Å². The number of benzene rings is 4. The molecule has 3 heterocycles. The average molecular weight is 533 g/mol. The van der Waals surface area contributed by atoms with Gasteiger partial charge in [-0.3, -0.25) is 0 Å². The summed E-state index contributed by atoms with van der Waals surface area (Å²) in [7, 11) is 0. The van der Waals surface area contributed by atoms with E-state index in [1.54, 1.807) is 0 Å². The number of nitrogens with one attached hydrogen (secondary N) is 1. The van der Waals surface area contributed by atoms with Gasteiger partial charge in [0.05, 0.1) is 11.7 Å². The molecule has 0 saturated carbocycles. The molecule has 4 aromatic rings. The Labute approximate surface area is 234 Å². The SMILES string of the molecule is CCN(CC1CCCO1)c1ccc2c(c1)Oc1cc(C)c(Nc3ccccc3)cc1C21OC(=O)c2ccccc21.